The maximum atomic E-state index is 12.6. The molecule has 26 heavy (non-hydrogen) atoms. The van der Waals surface area contributed by atoms with E-state index in [1.165, 1.54) is 23.1 Å². The number of quaternary nitrogens is 1. The maximum Gasteiger partial charge on any atom is 0.279 e. The molecule has 5 nitrogen and oxygen atoms in total. The fourth-order valence-corrected chi connectivity index (χ4v) is 4.21. The topological polar surface area (TPSA) is 76.6 Å². The van der Waals surface area contributed by atoms with Crippen molar-refractivity contribution in [1.29, 1.82) is 0 Å². The van der Waals surface area contributed by atoms with Gasteiger partial charge in [0.1, 0.15) is 6.54 Å². The molecule has 0 bridgehead atoms. The van der Waals surface area contributed by atoms with E-state index in [0.29, 0.717) is 13.0 Å². The Balaban J connectivity index is 1.46. The van der Waals surface area contributed by atoms with Crippen molar-refractivity contribution in [2.24, 2.45) is 5.73 Å². The van der Waals surface area contributed by atoms with E-state index >= 15 is 0 Å². The van der Waals surface area contributed by atoms with E-state index in [-0.39, 0.29) is 24.4 Å². The molecule has 0 spiro atoms. The number of aryl methyl sites for hydroxylation is 2. The van der Waals surface area contributed by atoms with Gasteiger partial charge in [-0.25, -0.2) is 0 Å². The van der Waals surface area contributed by atoms with Crippen LogP contribution in [0.4, 0.5) is 5.69 Å². The first kappa shape index (κ1) is 16.8. The van der Waals surface area contributed by atoms with Crippen molar-refractivity contribution in [3.63, 3.8) is 0 Å². The summed E-state index contributed by atoms with van der Waals surface area (Å²) in [6, 6.07) is 13.8. The highest BCUT2D eigenvalue weighted by Crippen LogP contribution is 2.24. The van der Waals surface area contributed by atoms with E-state index in [1.807, 2.05) is 24.3 Å². The van der Waals surface area contributed by atoms with Crippen molar-refractivity contribution in [3.8, 4) is 0 Å². The third kappa shape index (κ3) is 3.35. The molecule has 2 aromatic rings. The van der Waals surface area contributed by atoms with Gasteiger partial charge in [0.05, 0.1) is 0 Å². The van der Waals surface area contributed by atoms with E-state index in [4.69, 9.17) is 5.73 Å². The van der Waals surface area contributed by atoms with E-state index in [9.17, 15) is 9.59 Å². The van der Waals surface area contributed by atoms with Crippen molar-refractivity contribution in [3.05, 3.63) is 64.7 Å². The lowest BCUT2D eigenvalue weighted by molar-refractivity contribution is -0.923. The van der Waals surface area contributed by atoms with Gasteiger partial charge in [0.15, 0.2) is 12.6 Å². The summed E-state index contributed by atoms with van der Waals surface area (Å²) in [4.78, 5) is 25.4. The summed E-state index contributed by atoms with van der Waals surface area (Å²) in [6.45, 7) is 0.875. The van der Waals surface area contributed by atoms with Gasteiger partial charge in [-0.05, 0) is 48.1 Å². The number of rotatable bonds is 4. The number of nitrogens with one attached hydrogen (secondary N) is 2. The first-order valence-corrected chi connectivity index (χ1v) is 9.22. The van der Waals surface area contributed by atoms with Gasteiger partial charge in [0, 0.05) is 17.7 Å². The monoisotopic (exact) mass is 350 g/mol. The predicted molar refractivity (Wildman–Crippen MR) is 99.8 cm³/mol. The molecule has 4 N–H and O–H groups in total. The second-order valence-electron chi connectivity index (χ2n) is 7.32. The molecule has 0 aromatic heterocycles. The van der Waals surface area contributed by atoms with E-state index in [2.05, 4.69) is 23.5 Å². The van der Waals surface area contributed by atoms with Gasteiger partial charge in [-0.1, -0.05) is 30.3 Å². The molecular formula is C21H24N3O2+. The van der Waals surface area contributed by atoms with Crippen LogP contribution in [0.5, 0.6) is 0 Å². The molecule has 0 saturated carbocycles. The highest BCUT2D eigenvalue weighted by Gasteiger charge is 2.34. The minimum Gasteiger partial charge on any atom is -0.365 e. The van der Waals surface area contributed by atoms with Crippen molar-refractivity contribution in [2.45, 2.75) is 38.3 Å². The molecule has 2 amide bonds. The molecule has 0 fully saturated rings. The zero-order valence-corrected chi connectivity index (χ0v) is 14.8. The van der Waals surface area contributed by atoms with Crippen LogP contribution in [-0.4, -0.2) is 24.4 Å². The largest absolute Gasteiger partial charge is 0.365 e. The summed E-state index contributed by atoms with van der Waals surface area (Å²) in [5, 5.41) is 2.99. The van der Waals surface area contributed by atoms with Gasteiger partial charge < -0.3 is 16.0 Å². The zero-order chi connectivity index (χ0) is 18.1. The quantitative estimate of drug-likeness (QED) is 0.756. The summed E-state index contributed by atoms with van der Waals surface area (Å²) in [5.74, 6) is -0.427. The maximum absolute atomic E-state index is 12.6. The van der Waals surface area contributed by atoms with Crippen LogP contribution in [0.25, 0.3) is 0 Å². The summed E-state index contributed by atoms with van der Waals surface area (Å²) in [5.41, 5.74) is 11.5. The van der Waals surface area contributed by atoms with Crippen molar-refractivity contribution < 1.29 is 14.5 Å². The molecule has 2 atom stereocenters. The Bertz CT molecular complexity index is 862. The van der Waals surface area contributed by atoms with E-state index in [0.717, 1.165) is 29.0 Å². The smallest absolute Gasteiger partial charge is 0.279 e. The van der Waals surface area contributed by atoms with Gasteiger partial charge in [0.25, 0.3) is 11.8 Å². The number of fused-ring (bicyclic) bond motifs is 2. The summed E-state index contributed by atoms with van der Waals surface area (Å²) >= 11 is 0. The van der Waals surface area contributed by atoms with Gasteiger partial charge in [-0.15, -0.1) is 0 Å². The zero-order valence-electron chi connectivity index (χ0n) is 14.8. The molecule has 1 aliphatic heterocycles. The van der Waals surface area contributed by atoms with Crippen LogP contribution in [0.3, 0.4) is 0 Å². The Morgan fingerprint density at radius 1 is 1.04 bits per heavy atom. The van der Waals surface area contributed by atoms with Crippen molar-refractivity contribution in [2.75, 3.05) is 11.9 Å². The number of carbonyl (C=O) groups is 2. The molecule has 2 aliphatic rings. The Morgan fingerprint density at radius 2 is 1.81 bits per heavy atom. The van der Waals surface area contributed by atoms with Gasteiger partial charge in [0.2, 0.25) is 0 Å². The molecule has 4 rings (SSSR count). The van der Waals surface area contributed by atoms with Crippen LogP contribution in [-0.2, 0) is 35.4 Å². The normalized spacial score (nSPS) is 20.9. The number of anilines is 1. The van der Waals surface area contributed by atoms with Crippen LogP contribution in [0, 0.1) is 0 Å². The number of hydrogen-bond donors (Lipinski definition) is 3. The highest BCUT2D eigenvalue weighted by molar-refractivity contribution is 5.91. The Hall–Kier alpha value is -2.66. The highest BCUT2D eigenvalue weighted by atomic mass is 16.2. The van der Waals surface area contributed by atoms with Crippen LogP contribution in [0.15, 0.2) is 42.5 Å². The second kappa shape index (κ2) is 6.92. The number of carbonyl (C=O) groups excluding carboxylic acids is 2. The third-order valence-electron chi connectivity index (χ3n) is 5.57. The summed E-state index contributed by atoms with van der Waals surface area (Å²) in [6.07, 6.45) is 3.98. The Kier molecular flexibility index (Phi) is 4.47. The minimum atomic E-state index is -0.365. The average molecular weight is 350 g/mol. The first-order valence-electron chi connectivity index (χ1n) is 9.22. The van der Waals surface area contributed by atoms with E-state index in [1.54, 1.807) is 0 Å². The molecule has 2 aromatic carbocycles. The minimum absolute atomic E-state index is 0.0800. The SMILES string of the molecule is NC(=O)[C@H]1Cc2ccccc2C[NH+]1CC(=O)Nc1ccc2c(c1)CCC2. The van der Waals surface area contributed by atoms with Crippen molar-refractivity contribution >= 4 is 17.5 Å². The van der Waals surface area contributed by atoms with E-state index < -0.39 is 0 Å². The number of benzene rings is 2. The summed E-state index contributed by atoms with van der Waals surface area (Å²) < 4.78 is 0. The Morgan fingerprint density at radius 3 is 2.62 bits per heavy atom. The van der Waals surface area contributed by atoms with Gasteiger partial charge in [-0.3, -0.25) is 9.59 Å². The lowest BCUT2D eigenvalue weighted by atomic mass is 9.93. The third-order valence-corrected chi connectivity index (χ3v) is 5.57. The second-order valence-corrected chi connectivity index (χ2v) is 7.32. The molecule has 5 heteroatoms. The molecule has 1 unspecified atom stereocenters. The molecule has 0 saturated heterocycles. The number of primary amides is 1. The first-order chi connectivity index (χ1) is 12.6. The van der Waals surface area contributed by atoms with Crippen LogP contribution in [0.1, 0.15) is 28.7 Å². The molecule has 134 valence electrons. The number of amides is 2. The van der Waals surface area contributed by atoms with Crippen LogP contribution < -0.4 is 16.0 Å². The van der Waals surface area contributed by atoms with Gasteiger partial charge >= 0.3 is 0 Å². The molecule has 1 aliphatic carbocycles. The molecular weight excluding hydrogens is 326 g/mol. The average Bonchev–Trinajstić information content (AvgIpc) is 3.08. The Labute approximate surface area is 153 Å². The van der Waals surface area contributed by atoms with Gasteiger partial charge in [-0.2, -0.15) is 0 Å². The molecule has 1 heterocycles. The fourth-order valence-electron chi connectivity index (χ4n) is 4.21. The number of nitrogens with two attached hydrogens (primary N) is 1. The van der Waals surface area contributed by atoms with Crippen LogP contribution in [0.2, 0.25) is 0 Å². The predicted octanol–water partition coefficient (Wildman–Crippen LogP) is 0.609. The lowest BCUT2D eigenvalue weighted by Gasteiger charge is -2.31. The molecule has 0 radical (unpaired) electrons. The lowest BCUT2D eigenvalue weighted by Crippen LogP contribution is -3.18. The van der Waals surface area contributed by atoms with Crippen molar-refractivity contribution in [1.82, 2.24) is 0 Å². The summed E-state index contributed by atoms with van der Waals surface area (Å²) in [7, 11) is 0. The standard InChI is InChI=1S/C21H23N3O2/c22-21(26)19-11-16-4-1-2-5-17(16)12-24(19)13-20(25)23-18-9-8-14-6-3-7-15(14)10-18/h1-2,4-5,8-10,19H,3,6-7,11-13H2,(H2,22,26)(H,23,25)/p+1/t19-/m1/s1. The van der Waals surface area contributed by atoms with Crippen LogP contribution >= 0.6 is 0 Å². The number of hydrogen-bond acceptors (Lipinski definition) is 2. The fraction of sp³-hybridized carbons (Fsp3) is 0.333.